The first-order chi connectivity index (χ1) is 17.2. The first-order valence-corrected chi connectivity index (χ1v) is 13.3. The highest BCUT2D eigenvalue weighted by atomic mass is 32.2. The molecular weight excluding hydrogens is 506 g/mol. The fourth-order valence-corrected chi connectivity index (χ4v) is 4.60. The Hall–Kier alpha value is -2.80. The van der Waals surface area contributed by atoms with E-state index in [1.165, 1.54) is 23.2 Å². The number of rotatable bonds is 9. The SMILES string of the molecule is CC1=CN([C@H]2CC(OCCOS(=O)(=O)c3ccc(C)cc3)[C@@H](COC(=O)OC(C)(C)C)O2)C(=O)CC1=O. The Balaban J connectivity index is 1.62. The van der Waals surface area contributed by atoms with Gasteiger partial charge in [-0.3, -0.25) is 18.7 Å². The fraction of sp³-hybridized carbons (Fsp3) is 0.560. The highest BCUT2D eigenvalue weighted by Gasteiger charge is 2.42. The van der Waals surface area contributed by atoms with Crippen LogP contribution < -0.4 is 0 Å². The van der Waals surface area contributed by atoms with Gasteiger partial charge in [0.05, 0.1) is 30.6 Å². The lowest BCUT2D eigenvalue weighted by molar-refractivity contribution is -0.145. The number of benzene rings is 1. The van der Waals surface area contributed by atoms with Crippen LogP contribution in [0.2, 0.25) is 0 Å². The lowest BCUT2D eigenvalue weighted by atomic mass is 10.1. The van der Waals surface area contributed by atoms with Gasteiger partial charge in [-0.1, -0.05) is 17.7 Å². The molecule has 2 aliphatic heterocycles. The molecule has 11 nitrogen and oxygen atoms in total. The molecule has 37 heavy (non-hydrogen) atoms. The van der Waals surface area contributed by atoms with Crippen molar-refractivity contribution in [2.24, 2.45) is 0 Å². The molecule has 1 aromatic carbocycles. The van der Waals surface area contributed by atoms with Crippen molar-refractivity contribution in [1.29, 1.82) is 0 Å². The van der Waals surface area contributed by atoms with Crippen molar-refractivity contribution in [1.82, 2.24) is 4.90 Å². The van der Waals surface area contributed by atoms with Gasteiger partial charge in [0.2, 0.25) is 5.91 Å². The van der Waals surface area contributed by atoms with E-state index in [-0.39, 0.29) is 43.3 Å². The van der Waals surface area contributed by atoms with E-state index in [4.69, 9.17) is 23.1 Å². The minimum atomic E-state index is -3.96. The minimum Gasteiger partial charge on any atom is -0.431 e. The Kier molecular flexibility index (Phi) is 9.11. The zero-order valence-corrected chi connectivity index (χ0v) is 22.4. The van der Waals surface area contributed by atoms with Crippen LogP contribution in [0.1, 0.15) is 46.1 Å². The van der Waals surface area contributed by atoms with E-state index in [1.807, 2.05) is 6.92 Å². The van der Waals surface area contributed by atoms with Crippen molar-refractivity contribution in [3.05, 3.63) is 41.6 Å². The van der Waals surface area contributed by atoms with Gasteiger partial charge < -0.3 is 18.9 Å². The number of aryl methyl sites for hydroxylation is 1. The average molecular weight is 540 g/mol. The average Bonchev–Trinajstić information content (AvgIpc) is 3.19. The van der Waals surface area contributed by atoms with Crippen molar-refractivity contribution >= 4 is 28.0 Å². The molecule has 3 rings (SSSR count). The van der Waals surface area contributed by atoms with E-state index in [0.717, 1.165) is 5.56 Å². The Labute approximate surface area is 216 Å². The summed E-state index contributed by atoms with van der Waals surface area (Å²) in [6.45, 7) is 7.98. The van der Waals surface area contributed by atoms with Crippen LogP contribution in [0.25, 0.3) is 0 Å². The molecule has 0 bridgehead atoms. The van der Waals surface area contributed by atoms with Crippen LogP contribution in [-0.2, 0) is 42.8 Å². The fourth-order valence-electron chi connectivity index (χ4n) is 3.71. The Bertz CT molecular complexity index is 1140. The molecule has 12 heteroatoms. The van der Waals surface area contributed by atoms with Crippen molar-refractivity contribution in [2.75, 3.05) is 19.8 Å². The molecule has 0 saturated carbocycles. The number of allylic oxidation sites excluding steroid dienone is 1. The van der Waals surface area contributed by atoms with Gasteiger partial charge in [-0.25, -0.2) is 4.79 Å². The van der Waals surface area contributed by atoms with E-state index in [9.17, 15) is 22.8 Å². The van der Waals surface area contributed by atoms with Crippen molar-refractivity contribution in [3.8, 4) is 0 Å². The van der Waals surface area contributed by atoms with E-state index in [0.29, 0.717) is 5.57 Å². The Morgan fingerprint density at radius 1 is 1.11 bits per heavy atom. The smallest absolute Gasteiger partial charge is 0.431 e. The highest BCUT2D eigenvalue weighted by Crippen LogP contribution is 2.29. The van der Waals surface area contributed by atoms with Crippen molar-refractivity contribution < 1.29 is 45.9 Å². The van der Waals surface area contributed by atoms with Crippen LogP contribution in [0.4, 0.5) is 4.79 Å². The molecule has 0 radical (unpaired) electrons. The van der Waals surface area contributed by atoms with Gasteiger partial charge >= 0.3 is 6.16 Å². The zero-order chi connectivity index (χ0) is 27.4. The molecule has 1 unspecified atom stereocenters. The van der Waals surface area contributed by atoms with Crippen LogP contribution in [0.15, 0.2) is 40.9 Å². The molecular formula is C25H33NO10S. The van der Waals surface area contributed by atoms with E-state index in [1.54, 1.807) is 39.8 Å². The van der Waals surface area contributed by atoms with Crippen LogP contribution in [-0.4, -0.2) is 75.0 Å². The summed E-state index contributed by atoms with van der Waals surface area (Å²) in [5, 5.41) is 0. The third-order valence-corrected chi connectivity index (χ3v) is 6.91. The van der Waals surface area contributed by atoms with Gasteiger partial charge in [-0.15, -0.1) is 0 Å². The van der Waals surface area contributed by atoms with E-state index >= 15 is 0 Å². The number of nitrogens with zero attached hydrogens (tertiary/aromatic N) is 1. The molecule has 1 aromatic rings. The molecule has 0 spiro atoms. The second kappa shape index (κ2) is 11.7. The maximum absolute atomic E-state index is 12.4. The minimum absolute atomic E-state index is 0.0336. The summed E-state index contributed by atoms with van der Waals surface area (Å²) >= 11 is 0. The lowest BCUT2D eigenvalue weighted by Gasteiger charge is -2.28. The normalized spacial score (nSPS) is 22.7. The molecule has 1 amide bonds. The second-order valence-corrected chi connectivity index (χ2v) is 11.5. The molecule has 0 N–H and O–H groups in total. The second-order valence-electron chi connectivity index (χ2n) is 9.85. The number of Topliss-reactive ketones (excluding diaryl/α,β-unsaturated/α-hetero) is 1. The Morgan fingerprint density at radius 3 is 2.43 bits per heavy atom. The highest BCUT2D eigenvalue weighted by molar-refractivity contribution is 7.86. The molecule has 2 heterocycles. The number of carbonyl (C=O) groups excluding carboxylic acids is 3. The molecule has 1 saturated heterocycles. The van der Waals surface area contributed by atoms with Crippen LogP contribution >= 0.6 is 0 Å². The molecule has 0 aromatic heterocycles. The first kappa shape index (κ1) is 28.8. The summed E-state index contributed by atoms with van der Waals surface area (Å²) in [4.78, 5) is 37.7. The van der Waals surface area contributed by atoms with Gasteiger partial charge in [0, 0.05) is 18.2 Å². The summed E-state index contributed by atoms with van der Waals surface area (Å²) in [6, 6.07) is 6.26. The largest absolute Gasteiger partial charge is 0.508 e. The molecule has 1 fully saturated rings. The third kappa shape index (κ3) is 8.09. The number of hydrogen-bond acceptors (Lipinski definition) is 10. The summed E-state index contributed by atoms with van der Waals surface area (Å²) in [5.41, 5.74) is 0.588. The number of ether oxygens (including phenoxy) is 4. The van der Waals surface area contributed by atoms with Crippen molar-refractivity contribution in [3.63, 3.8) is 0 Å². The molecule has 204 valence electrons. The molecule has 0 aliphatic carbocycles. The maximum atomic E-state index is 12.4. The summed E-state index contributed by atoms with van der Waals surface area (Å²) in [6.07, 6.45) is -1.70. The summed E-state index contributed by atoms with van der Waals surface area (Å²) < 4.78 is 52.0. The first-order valence-electron chi connectivity index (χ1n) is 11.9. The number of amides is 1. The number of hydrogen-bond donors (Lipinski definition) is 0. The zero-order valence-electron chi connectivity index (χ0n) is 21.6. The standard InChI is InChI=1S/C25H33NO10S/c1-16-6-8-18(9-7-16)37(30,31)34-11-10-32-20-13-23(26-14-17(2)19(27)12-22(26)28)35-21(20)15-33-24(29)36-25(3,4)5/h6-9,14,20-21,23H,10-13,15H2,1-5H3/t20?,21-,23-/m1/s1. The van der Waals surface area contributed by atoms with Crippen LogP contribution in [0.5, 0.6) is 0 Å². The third-order valence-electron chi connectivity index (χ3n) is 5.58. The summed E-state index contributed by atoms with van der Waals surface area (Å²) in [5.74, 6) is -0.677. The van der Waals surface area contributed by atoms with Gasteiger partial charge in [-0.05, 0) is 46.8 Å². The quantitative estimate of drug-likeness (QED) is 0.199. The topological polar surface area (TPSA) is 135 Å². The van der Waals surface area contributed by atoms with Gasteiger partial charge in [0.25, 0.3) is 10.1 Å². The van der Waals surface area contributed by atoms with Crippen molar-refractivity contribution in [2.45, 2.75) is 76.4 Å². The van der Waals surface area contributed by atoms with Crippen LogP contribution in [0.3, 0.4) is 0 Å². The summed E-state index contributed by atoms with van der Waals surface area (Å²) in [7, 11) is -3.96. The predicted octanol–water partition coefficient (Wildman–Crippen LogP) is 2.86. The van der Waals surface area contributed by atoms with E-state index < -0.39 is 46.2 Å². The van der Waals surface area contributed by atoms with Gasteiger partial charge in [0.15, 0.2) is 5.78 Å². The lowest BCUT2D eigenvalue weighted by Crippen LogP contribution is -2.40. The predicted molar refractivity (Wildman–Crippen MR) is 130 cm³/mol. The van der Waals surface area contributed by atoms with Crippen LogP contribution in [0, 0.1) is 6.92 Å². The number of carbonyl (C=O) groups is 3. The molecule has 2 aliphatic rings. The Morgan fingerprint density at radius 2 is 1.78 bits per heavy atom. The van der Waals surface area contributed by atoms with E-state index in [2.05, 4.69) is 0 Å². The maximum Gasteiger partial charge on any atom is 0.508 e. The van der Waals surface area contributed by atoms with Gasteiger partial charge in [-0.2, -0.15) is 8.42 Å². The van der Waals surface area contributed by atoms with Gasteiger partial charge in [0.1, 0.15) is 24.5 Å². The molecule has 3 atom stereocenters. The number of ketones is 1. The monoisotopic (exact) mass is 539 g/mol.